The summed E-state index contributed by atoms with van der Waals surface area (Å²) in [7, 11) is 0. The second kappa shape index (κ2) is 9.00. The fraction of sp³-hybridized carbons (Fsp3) is 0.600. The Morgan fingerprint density at radius 2 is 1.75 bits per heavy atom. The minimum Gasteiger partial charge on any atom is -0.0853 e. The molecular formula is C20H32. The number of rotatable bonds is 3. The van der Waals surface area contributed by atoms with Crippen molar-refractivity contribution in [3.8, 4) is 0 Å². The first-order valence-electron chi connectivity index (χ1n) is 8.10. The van der Waals surface area contributed by atoms with E-state index in [0.29, 0.717) is 0 Å². The van der Waals surface area contributed by atoms with Gasteiger partial charge in [-0.25, -0.2) is 0 Å². The lowest BCUT2D eigenvalue weighted by molar-refractivity contribution is 0.559. The molecule has 0 fully saturated rings. The van der Waals surface area contributed by atoms with E-state index in [-0.39, 0.29) is 0 Å². The highest BCUT2D eigenvalue weighted by Crippen LogP contribution is 2.26. The van der Waals surface area contributed by atoms with Crippen LogP contribution in [0, 0.1) is 5.92 Å². The summed E-state index contributed by atoms with van der Waals surface area (Å²) in [6.07, 6.45) is 16.9. The van der Waals surface area contributed by atoms with E-state index in [4.69, 9.17) is 0 Å². The van der Waals surface area contributed by atoms with Crippen molar-refractivity contribution in [2.24, 2.45) is 5.92 Å². The average molecular weight is 272 g/mol. The SMILES string of the molecule is CC(C)=CCC=C(C)[C@H]1CC=C(C)CCC=C(C)CC1. The van der Waals surface area contributed by atoms with Gasteiger partial charge in [-0.05, 0) is 79.1 Å². The maximum Gasteiger partial charge on any atom is -0.0164 e. The first kappa shape index (κ1) is 17.0. The zero-order chi connectivity index (χ0) is 15.0. The van der Waals surface area contributed by atoms with Crippen molar-refractivity contribution in [3.63, 3.8) is 0 Å². The molecular weight excluding hydrogens is 240 g/mol. The number of hydrogen-bond acceptors (Lipinski definition) is 0. The smallest absolute Gasteiger partial charge is 0.0164 e. The predicted octanol–water partition coefficient (Wildman–Crippen LogP) is 6.76. The fourth-order valence-corrected chi connectivity index (χ4v) is 2.67. The maximum absolute atomic E-state index is 2.47. The van der Waals surface area contributed by atoms with E-state index in [1.807, 2.05) is 0 Å². The Hall–Kier alpha value is -1.04. The Balaban J connectivity index is 2.73. The van der Waals surface area contributed by atoms with E-state index in [1.165, 1.54) is 37.7 Å². The maximum atomic E-state index is 2.47. The topological polar surface area (TPSA) is 0 Å². The Bertz CT molecular complexity index is 411. The van der Waals surface area contributed by atoms with Gasteiger partial charge in [0.25, 0.3) is 0 Å². The van der Waals surface area contributed by atoms with Crippen molar-refractivity contribution >= 4 is 0 Å². The molecule has 0 aliphatic heterocycles. The molecule has 0 nitrogen and oxygen atoms in total. The molecule has 0 bridgehead atoms. The number of allylic oxidation sites excluding steroid dienone is 8. The van der Waals surface area contributed by atoms with Gasteiger partial charge in [0.05, 0.1) is 0 Å². The standard InChI is InChI=1S/C20H32/c1-16(2)8-6-11-19(5)20-14-12-17(3)9-7-10-18(4)13-15-20/h8-9,11,13,20H,6-7,10,12,14-15H2,1-5H3/t20-/m1/s1. The second-order valence-electron chi connectivity index (χ2n) is 6.58. The minimum atomic E-state index is 0.719. The van der Waals surface area contributed by atoms with Crippen LogP contribution in [-0.2, 0) is 0 Å². The Labute approximate surface area is 126 Å². The van der Waals surface area contributed by atoms with Crippen LogP contribution in [0.3, 0.4) is 0 Å². The Kier molecular flexibility index (Phi) is 7.65. The lowest BCUT2D eigenvalue weighted by atomic mass is 9.87. The van der Waals surface area contributed by atoms with Crippen molar-refractivity contribution in [1.29, 1.82) is 0 Å². The first-order valence-corrected chi connectivity index (χ1v) is 8.10. The van der Waals surface area contributed by atoms with Crippen molar-refractivity contribution in [2.45, 2.75) is 73.1 Å². The first-order chi connectivity index (χ1) is 9.49. The zero-order valence-electron chi connectivity index (χ0n) is 14.1. The van der Waals surface area contributed by atoms with Gasteiger partial charge in [-0.3, -0.25) is 0 Å². The van der Waals surface area contributed by atoms with Crippen molar-refractivity contribution < 1.29 is 0 Å². The lowest BCUT2D eigenvalue weighted by Gasteiger charge is -2.18. The van der Waals surface area contributed by atoms with Gasteiger partial charge in [-0.2, -0.15) is 0 Å². The van der Waals surface area contributed by atoms with Crippen molar-refractivity contribution in [1.82, 2.24) is 0 Å². The van der Waals surface area contributed by atoms with Crippen LogP contribution in [0.2, 0.25) is 0 Å². The lowest BCUT2D eigenvalue weighted by Crippen LogP contribution is -2.03. The van der Waals surface area contributed by atoms with Gasteiger partial charge in [0.2, 0.25) is 0 Å². The van der Waals surface area contributed by atoms with E-state index in [9.17, 15) is 0 Å². The van der Waals surface area contributed by atoms with Gasteiger partial charge in [-0.15, -0.1) is 0 Å². The molecule has 0 heterocycles. The molecule has 1 rings (SSSR count). The molecule has 0 radical (unpaired) electrons. The van der Waals surface area contributed by atoms with E-state index in [0.717, 1.165) is 12.3 Å². The van der Waals surface area contributed by atoms with Gasteiger partial charge in [-0.1, -0.05) is 46.6 Å². The third-order valence-corrected chi connectivity index (χ3v) is 4.28. The normalized spacial score (nSPS) is 21.9. The van der Waals surface area contributed by atoms with Crippen LogP contribution in [0.25, 0.3) is 0 Å². The van der Waals surface area contributed by atoms with Crippen LogP contribution in [0.15, 0.2) is 46.6 Å². The molecule has 20 heavy (non-hydrogen) atoms. The third kappa shape index (κ3) is 6.93. The van der Waals surface area contributed by atoms with Crippen LogP contribution < -0.4 is 0 Å². The van der Waals surface area contributed by atoms with Crippen LogP contribution in [0.4, 0.5) is 0 Å². The molecule has 0 aromatic rings. The van der Waals surface area contributed by atoms with Crippen LogP contribution >= 0.6 is 0 Å². The summed E-state index contributed by atoms with van der Waals surface area (Å²) in [5, 5.41) is 0. The second-order valence-corrected chi connectivity index (χ2v) is 6.58. The van der Waals surface area contributed by atoms with Gasteiger partial charge in [0.1, 0.15) is 0 Å². The third-order valence-electron chi connectivity index (χ3n) is 4.28. The highest BCUT2D eigenvalue weighted by Gasteiger charge is 2.10. The molecule has 0 aromatic carbocycles. The quantitative estimate of drug-likeness (QED) is 0.498. The molecule has 1 aliphatic carbocycles. The summed E-state index contributed by atoms with van der Waals surface area (Å²) >= 11 is 0. The highest BCUT2D eigenvalue weighted by molar-refractivity contribution is 5.13. The molecule has 0 heteroatoms. The van der Waals surface area contributed by atoms with Crippen LogP contribution in [0.1, 0.15) is 73.1 Å². The minimum absolute atomic E-state index is 0.719. The predicted molar refractivity (Wildman–Crippen MR) is 91.9 cm³/mol. The summed E-state index contributed by atoms with van der Waals surface area (Å²) in [6.45, 7) is 11.2. The number of hydrogen-bond donors (Lipinski definition) is 0. The summed E-state index contributed by atoms with van der Waals surface area (Å²) in [5.41, 5.74) is 6.11. The largest absolute Gasteiger partial charge is 0.0853 e. The summed E-state index contributed by atoms with van der Waals surface area (Å²) in [4.78, 5) is 0. The van der Waals surface area contributed by atoms with Gasteiger partial charge in [0.15, 0.2) is 0 Å². The van der Waals surface area contributed by atoms with E-state index in [2.05, 4.69) is 58.9 Å². The summed E-state index contributed by atoms with van der Waals surface area (Å²) < 4.78 is 0. The van der Waals surface area contributed by atoms with Crippen molar-refractivity contribution in [3.05, 3.63) is 46.6 Å². The molecule has 0 saturated heterocycles. The molecule has 0 saturated carbocycles. The van der Waals surface area contributed by atoms with Gasteiger partial charge in [0, 0.05) is 0 Å². The van der Waals surface area contributed by atoms with Crippen LogP contribution in [-0.4, -0.2) is 0 Å². The summed E-state index contributed by atoms with van der Waals surface area (Å²) in [5.74, 6) is 0.719. The van der Waals surface area contributed by atoms with Crippen molar-refractivity contribution in [2.75, 3.05) is 0 Å². The zero-order valence-corrected chi connectivity index (χ0v) is 14.1. The Morgan fingerprint density at radius 3 is 2.45 bits per heavy atom. The van der Waals surface area contributed by atoms with E-state index < -0.39 is 0 Å². The van der Waals surface area contributed by atoms with Gasteiger partial charge < -0.3 is 0 Å². The Morgan fingerprint density at radius 1 is 1.05 bits per heavy atom. The molecule has 0 amide bonds. The highest BCUT2D eigenvalue weighted by atomic mass is 14.2. The summed E-state index contributed by atoms with van der Waals surface area (Å²) in [6, 6.07) is 0. The van der Waals surface area contributed by atoms with E-state index >= 15 is 0 Å². The molecule has 0 spiro atoms. The van der Waals surface area contributed by atoms with Gasteiger partial charge >= 0.3 is 0 Å². The molecule has 1 atom stereocenters. The molecule has 0 aromatic heterocycles. The van der Waals surface area contributed by atoms with Crippen LogP contribution in [0.5, 0.6) is 0 Å². The average Bonchev–Trinajstić information content (AvgIpc) is 2.37. The molecule has 112 valence electrons. The monoisotopic (exact) mass is 272 g/mol. The molecule has 1 aliphatic rings. The molecule has 0 unspecified atom stereocenters. The molecule has 0 N–H and O–H groups in total. The fourth-order valence-electron chi connectivity index (χ4n) is 2.67. The van der Waals surface area contributed by atoms with E-state index in [1.54, 1.807) is 16.7 Å².